The smallest absolute Gasteiger partial charge is 0.273 e. The second-order valence-electron chi connectivity index (χ2n) is 5.38. The maximum absolute atomic E-state index is 12.7. The fraction of sp³-hybridized carbons (Fsp3) is 0.375. The maximum atomic E-state index is 12.7. The van der Waals surface area contributed by atoms with Crippen LogP contribution in [0.1, 0.15) is 23.3 Å². The van der Waals surface area contributed by atoms with Crippen LogP contribution >= 0.6 is 0 Å². The molecular formula is C16H19N3O. The fourth-order valence-electron chi connectivity index (χ4n) is 2.88. The lowest BCUT2D eigenvalue weighted by Gasteiger charge is -2.32. The molecule has 1 atom stereocenters. The number of likely N-dealkylation sites (tertiary alicyclic amines) is 1. The summed E-state index contributed by atoms with van der Waals surface area (Å²) in [5.74, 6) is 0.447. The number of hydrogen-bond acceptors (Lipinski definition) is 3. The molecule has 1 unspecified atom stereocenters. The van der Waals surface area contributed by atoms with Gasteiger partial charge in [0.15, 0.2) is 0 Å². The van der Waals surface area contributed by atoms with Gasteiger partial charge >= 0.3 is 0 Å². The topological polar surface area (TPSA) is 59.2 Å². The molecule has 20 heavy (non-hydrogen) atoms. The molecule has 3 rings (SSSR count). The Morgan fingerprint density at radius 2 is 2.20 bits per heavy atom. The van der Waals surface area contributed by atoms with Gasteiger partial charge in [-0.15, -0.1) is 0 Å². The Kier molecular flexibility index (Phi) is 3.65. The molecule has 2 N–H and O–H groups in total. The number of amides is 1. The van der Waals surface area contributed by atoms with Gasteiger partial charge in [-0.3, -0.25) is 9.78 Å². The largest absolute Gasteiger partial charge is 0.337 e. The third kappa shape index (κ3) is 2.39. The van der Waals surface area contributed by atoms with E-state index >= 15 is 0 Å². The zero-order chi connectivity index (χ0) is 13.9. The van der Waals surface area contributed by atoms with Gasteiger partial charge in [-0.05, 0) is 36.8 Å². The van der Waals surface area contributed by atoms with E-state index in [0.717, 1.165) is 36.7 Å². The average molecular weight is 269 g/mol. The Morgan fingerprint density at radius 1 is 1.35 bits per heavy atom. The predicted molar refractivity (Wildman–Crippen MR) is 79.4 cm³/mol. The third-order valence-electron chi connectivity index (χ3n) is 4.02. The summed E-state index contributed by atoms with van der Waals surface area (Å²) in [5.41, 5.74) is 6.30. The van der Waals surface area contributed by atoms with E-state index in [4.69, 9.17) is 5.73 Å². The van der Waals surface area contributed by atoms with Crippen molar-refractivity contribution in [3.8, 4) is 0 Å². The minimum Gasteiger partial charge on any atom is -0.337 e. The number of hydrogen-bond donors (Lipinski definition) is 1. The molecule has 104 valence electrons. The molecule has 0 radical (unpaired) electrons. The average Bonchev–Trinajstić information content (AvgIpc) is 2.53. The highest BCUT2D eigenvalue weighted by atomic mass is 16.2. The third-order valence-corrected chi connectivity index (χ3v) is 4.02. The summed E-state index contributed by atoms with van der Waals surface area (Å²) < 4.78 is 0. The van der Waals surface area contributed by atoms with Crippen molar-refractivity contribution in [2.45, 2.75) is 12.8 Å². The summed E-state index contributed by atoms with van der Waals surface area (Å²) in [6.45, 7) is 2.20. The molecular weight excluding hydrogens is 250 g/mol. The monoisotopic (exact) mass is 269 g/mol. The predicted octanol–water partition coefficient (Wildman–Crippen LogP) is 2.05. The van der Waals surface area contributed by atoms with Crippen molar-refractivity contribution in [1.29, 1.82) is 0 Å². The summed E-state index contributed by atoms with van der Waals surface area (Å²) in [7, 11) is 0. The van der Waals surface area contributed by atoms with E-state index in [0.29, 0.717) is 18.2 Å². The number of pyridine rings is 1. The van der Waals surface area contributed by atoms with Crippen molar-refractivity contribution in [2.75, 3.05) is 19.6 Å². The number of nitrogens with two attached hydrogens (primary N) is 1. The normalized spacial score (nSPS) is 19.2. The summed E-state index contributed by atoms with van der Waals surface area (Å²) in [6.07, 6.45) is 3.85. The maximum Gasteiger partial charge on any atom is 0.273 e. The molecule has 0 spiro atoms. The highest BCUT2D eigenvalue weighted by Crippen LogP contribution is 2.21. The minimum absolute atomic E-state index is 0.0277. The number of aromatic nitrogens is 1. The number of carbonyl (C=O) groups is 1. The molecule has 1 fully saturated rings. The van der Waals surface area contributed by atoms with Crippen LogP contribution in [-0.4, -0.2) is 35.4 Å². The number of piperidine rings is 1. The molecule has 0 aliphatic carbocycles. The zero-order valence-corrected chi connectivity index (χ0v) is 11.5. The Hall–Kier alpha value is -1.94. The van der Waals surface area contributed by atoms with Crippen LogP contribution in [0.25, 0.3) is 10.8 Å². The number of rotatable bonds is 2. The molecule has 1 amide bonds. The van der Waals surface area contributed by atoms with Crippen LogP contribution in [0.5, 0.6) is 0 Å². The first-order valence-corrected chi connectivity index (χ1v) is 7.12. The Labute approximate surface area is 118 Å². The van der Waals surface area contributed by atoms with Crippen molar-refractivity contribution in [2.24, 2.45) is 11.7 Å². The number of fused-ring (bicyclic) bond motifs is 1. The van der Waals surface area contributed by atoms with Crippen LogP contribution in [0.4, 0.5) is 0 Å². The van der Waals surface area contributed by atoms with E-state index in [1.807, 2.05) is 35.2 Å². The molecule has 1 aliphatic heterocycles. The highest BCUT2D eigenvalue weighted by Gasteiger charge is 2.25. The lowest BCUT2D eigenvalue weighted by atomic mass is 9.97. The summed E-state index contributed by atoms with van der Waals surface area (Å²) in [4.78, 5) is 18.9. The standard InChI is InChI=1S/C16H19N3O/c17-10-12-4-3-9-19(11-12)16(20)15-14-6-2-1-5-13(14)7-8-18-15/h1-2,5-8,12H,3-4,9-11,17H2. The van der Waals surface area contributed by atoms with E-state index in [2.05, 4.69) is 4.98 Å². The van der Waals surface area contributed by atoms with Crippen molar-refractivity contribution >= 4 is 16.7 Å². The van der Waals surface area contributed by atoms with Crippen LogP contribution in [0.2, 0.25) is 0 Å². The molecule has 2 heterocycles. The van der Waals surface area contributed by atoms with E-state index < -0.39 is 0 Å². The van der Waals surface area contributed by atoms with Gasteiger partial charge in [0.25, 0.3) is 5.91 Å². The Bertz CT molecular complexity index is 621. The molecule has 0 bridgehead atoms. The van der Waals surface area contributed by atoms with Gasteiger partial charge in [0.2, 0.25) is 0 Å². The Balaban J connectivity index is 1.92. The highest BCUT2D eigenvalue weighted by molar-refractivity contribution is 6.05. The van der Waals surface area contributed by atoms with Crippen molar-refractivity contribution in [1.82, 2.24) is 9.88 Å². The van der Waals surface area contributed by atoms with E-state index in [1.54, 1.807) is 6.20 Å². The van der Waals surface area contributed by atoms with Crippen LogP contribution < -0.4 is 5.73 Å². The van der Waals surface area contributed by atoms with Crippen molar-refractivity contribution < 1.29 is 4.79 Å². The van der Waals surface area contributed by atoms with Crippen molar-refractivity contribution in [3.05, 3.63) is 42.2 Å². The number of carbonyl (C=O) groups excluding carboxylic acids is 1. The number of benzene rings is 1. The van der Waals surface area contributed by atoms with Gasteiger partial charge in [0.1, 0.15) is 5.69 Å². The second-order valence-corrected chi connectivity index (χ2v) is 5.38. The molecule has 1 aromatic heterocycles. The van der Waals surface area contributed by atoms with E-state index in [9.17, 15) is 4.79 Å². The second kappa shape index (κ2) is 5.59. The van der Waals surface area contributed by atoms with Crippen LogP contribution in [-0.2, 0) is 0 Å². The first-order valence-electron chi connectivity index (χ1n) is 7.12. The molecule has 2 aromatic rings. The molecule has 1 aliphatic rings. The molecule has 4 nitrogen and oxygen atoms in total. The summed E-state index contributed by atoms with van der Waals surface area (Å²) in [5, 5.41) is 1.98. The van der Waals surface area contributed by atoms with Crippen LogP contribution in [0.3, 0.4) is 0 Å². The zero-order valence-electron chi connectivity index (χ0n) is 11.5. The number of nitrogens with zero attached hydrogens (tertiary/aromatic N) is 2. The first-order chi connectivity index (χ1) is 9.79. The van der Waals surface area contributed by atoms with Crippen LogP contribution in [0, 0.1) is 5.92 Å². The van der Waals surface area contributed by atoms with Gasteiger partial charge < -0.3 is 10.6 Å². The lowest BCUT2D eigenvalue weighted by Crippen LogP contribution is -2.42. The van der Waals surface area contributed by atoms with Gasteiger partial charge in [-0.1, -0.05) is 24.3 Å². The lowest BCUT2D eigenvalue weighted by molar-refractivity contribution is 0.0674. The molecule has 0 saturated carbocycles. The first kappa shape index (κ1) is 13.1. The fourth-order valence-corrected chi connectivity index (χ4v) is 2.88. The van der Waals surface area contributed by atoms with Crippen molar-refractivity contribution in [3.63, 3.8) is 0 Å². The summed E-state index contributed by atoms with van der Waals surface area (Å²) in [6, 6.07) is 9.82. The molecule has 4 heteroatoms. The molecule has 1 aromatic carbocycles. The summed E-state index contributed by atoms with van der Waals surface area (Å²) >= 11 is 0. The van der Waals surface area contributed by atoms with Gasteiger partial charge in [0, 0.05) is 24.7 Å². The minimum atomic E-state index is 0.0277. The van der Waals surface area contributed by atoms with Gasteiger partial charge in [0.05, 0.1) is 0 Å². The quantitative estimate of drug-likeness (QED) is 0.907. The van der Waals surface area contributed by atoms with Gasteiger partial charge in [-0.2, -0.15) is 0 Å². The molecule has 1 saturated heterocycles. The Morgan fingerprint density at radius 3 is 3.05 bits per heavy atom. The van der Waals surface area contributed by atoms with Gasteiger partial charge in [-0.25, -0.2) is 0 Å². The van der Waals surface area contributed by atoms with Crippen LogP contribution in [0.15, 0.2) is 36.5 Å². The van der Waals surface area contributed by atoms with E-state index in [-0.39, 0.29) is 5.91 Å². The van der Waals surface area contributed by atoms with E-state index in [1.165, 1.54) is 0 Å². The SMILES string of the molecule is NCC1CCCN(C(=O)c2nccc3ccccc23)C1.